The van der Waals surface area contributed by atoms with E-state index in [1.807, 2.05) is 19.9 Å². The van der Waals surface area contributed by atoms with E-state index in [0.29, 0.717) is 11.8 Å². The van der Waals surface area contributed by atoms with E-state index < -0.39 is 6.10 Å². The average molecular weight is 318 g/mol. The molecule has 1 aromatic rings. The third-order valence-electron chi connectivity index (χ3n) is 4.43. The Morgan fingerprint density at radius 2 is 2.17 bits per heavy atom. The van der Waals surface area contributed by atoms with Crippen LogP contribution in [0.2, 0.25) is 0 Å². The van der Waals surface area contributed by atoms with Crippen LogP contribution in [0.5, 0.6) is 5.75 Å². The lowest BCUT2D eigenvalue weighted by Gasteiger charge is -2.24. The van der Waals surface area contributed by atoms with E-state index in [1.165, 1.54) is 12.8 Å². The molecule has 1 aromatic carbocycles. The molecular weight excluding hydrogens is 288 g/mol. The van der Waals surface area contributed by atoms with E-state index >= 15 is 0 Å². The first-order chi connectivity index (χ1) is 11.0. The standard InChI is InChI=1S/C19H30N2O2/c1-13(2)17-8-7-14(3)10-18(17)23-15(4)19(22)21-12-16-6-5-9-20-11-16/h7-8,10,13,15-16,20H,5-6,9,11-12H2,1-4H3,(H,21,22). The number of piperidine rings is 1. The van der Waals surface area contributed by atoms with Gasteiger partial charge in [0, 0.05) is 6.54 Å². The van der Waals surface area contributed by atoms with Gasteiger partial charge in [0.05, 0.1) is 0 Å². The van der Waals surface area contributed by atoms with Crippen molar-refractivity contribution in [3.8, 4) is 5.75 Å². The van der Waals surface area contributed by atoms with Gasteiger partial charge in [0.2, 0.25) is 0 Å². The maximum atomic E-state index is 12.3. The average Bonchev–Trinajstić information content (AvgIpc) is 2.53. The zero-order valence-corrected chi connectivity index (χ0v) is 14.8. The van der Waals surface area contributed by atoms with Crippen LogP contribution >= 0.6 is 0 Å². The molecule has 4 heteroatoms. The number of aryl methyl sites for hydroxylation is 1. The van der Waals surface area contributed by atoms with Gasteiger partial charge in [-0.15, -0.1) is 0 Å². The number of rotatable bonds is 6. The highest BCUT2D eigenvalue weighted by Crippen LogP contribution is 2.28. The molecule has 1 saturated heterocycles. The Labute approximate surface area is 140 Å². The number of carbonyl (C=O) groups excluding carboxylic acids is 1. The Bertz CT molecular complexity index is 522. The smallest absolute Gasteiger partial charge is 0.260 e. The Kier molecular flexibility index (Phi) is 6.46. The van der Waals surface area contributed by atoms with Crippen molar-refractivity contribution >= 4 is 5.91 Å². The molecule has 2 rings (SSSR count). The molecule has 0 aromatic heterocycles. The molecule has 1 heterocycles. The van der Waals surface area contributed by atoms with Crippen LogP contribution in [0.15, 0.2) is 18.2 Å². The van der Waals surface area contributed by atoms with E-state index in [2.05, 4.69) is 36.6 Å². The van der Waals surface area contributed by atoms with Crippen LogP contribution < -0.4 is 15.4 Å². The summed E-state index contributed by atoms with van der Waals surface area (Å²) in [6.45, 7) is 10.9. The van der Waals surface area contributed by atoms with Crippen LogP contribution in [0.4, 0.5) is 0 Å². The lowest BCUT2D eigenvalue weighted by Crippen LogP contribution is -2.42. The number of amides is 1. The fourth-order valence-electron chi connectivity index (χ4n) is 2.95. The van der Waals surface area contributed by atoms with Crippen molar-refractivity contribution < 1.29 is 9.53 Å². The van der Waals surface area contributed by atoms with Crippen molar-refractivity contribution in [2.75, 3.05) is 19.6 Å². The summed E-state index contributed by atoms with van der Waals surface area (Å²) in [6.07, 6.45) is 1.89. The van der Waals surface area contributed by atoms with Gasteiger partial charge < -0.3 is 15.4 Å². The van der Waals surface area contributed by atoms with Crippen LogP contribution in [-0.2, 0) is 4.79 Å². The van der Waals surface area contributed by atoms with Crippen LogP contribution in [-0.4, -0.2) is 31.6 Å². The summed E-state index contributed by atoms with van der Waals surface area (Å²) in [4.78, 5) is 12.3. The topological polar surface area (TPSA) is 50.4 Å². The molecule has 1 aliphatic heterocycles. The van der Waals surface area contributed by atoms with Gasteiger partial charge in [0.1, 0.15) is 5.75 Å². The van der Waals surface area contributed by atoms with Crippen molar-refractivity contribution in [3.05, 3.63) is 29.3 Å². The summed E-state index contributed by atoms with van der Waals surface area (Å²) in [5.41, 5.74) is 2.29. The van der Waals surface area contributed by atoms with E-state index in [-0.39, 0.29) is 5.91 Å². The SMILES string of the molecule is Cc1ccc(C(C)C)c(OC(C)C(=O)NCC2CCCNC2)c1. The van der Waals surface area contributed by atoms with Crippen LogP contribution in [0.3, 0.4) is 0 Å². The predicted molar refractivity (Wildman–Crippen MR) is 94.0 cm³/mol. The van der Waals surface area contributed by atoms with Gasteiger partial charge in [0.25, 0.3) is 5.91 Å². The second-order valence-corrected chi connectivity index (χ2v) is 6.91. The highest BCUT2D eigenvalue weighted by molar-refractivity contribution is 5.80. The molecule has 0 radical (unpaired) electrons. The number of hydrogen-bond donors (Lipinski definition) is 2. The minimum atomic E-state index is -0.481. The third kappa shape index (κ3) is 5.24. The first kappa shape index (κ1) is 17.8. The second kappa shape index (κ2) is 8.34. The molecule has 0 bridgehead atoms. The minimum absolute atomic E-state index is 0.0354. The Morgan fingerprint density at radius 3 is 2.83 bits per heavy atom. The van der Waals surface area contributed by atoms with Gasteiger partial charge >= 0.3 is 0 Å². The molecule has 23 heavy (non-hydrogen) atoms. The van der Waals surface area contributed by atoms with Gasteiger partial charge in [0.15, 0.2) is 6.10 Å². The maximum absolute atomic E-state index is 12.3. The zero-order chi connectivity index (χ0) is 16.8. The highest BCUT2D eigenvalue weighted by atomic mass is 16.5. The summed E-state index contributed by atoms with van der Waals surface area (Å²) in [7, 11) is 0. The minimum Gasteiger partial charge on any atom is -0.481 e. The van der Waals surface area contributed by atoms with Gasteiger partial charge in [-0.3, -0.25) is 4.79 Å². The first-order valence-corrected chi connectivity index (χ1v) is 8.73. The van der Waals surface area contributed by atoms with Crippen molar-refractivity contribution in [1.29, 1.82) is 0 Å². The second-order valence-electron chi connectivity index (χ2n) is 6.91. The van der Waals surface area contributed by atoms with Gasteiger partial charge in [-0.1, -0.05) is 26.0 Å². The monoisotopic (exact) mass is 318 g/mol. The van der Waals surface area contributed by atoms with E-state index in [4.69, 9.17) is 4.74 Å². The fraction of sp³-hybridized carbons (Fsp3) is 0.632. The summed E-state index contributed by atoms with van der Waals surface area (Å²) >= 11 is 0. The molecular formula is C19H30N2O2. The molecule has 2 unspecified atom stereocenters. The maximum Gasteiger partial charge on any atom is 0.260 e. The molecule has 2 N–H and O–H groups in total. The normalized spacial score (nSPS) is 19.4. The largest absolute Gasteiger partial charge is 0.481 e. The first-order valence-electron chi connectivity index (χ1n) is 8.73. The summed E-state index contributed by atoms with van der Waals surface area (Å²) in [6, 6.07) is 6.20. The van der Waals surface area contributed by atoms with Gasteiger partial charge in [-0.05, 0) is 68.8 Å². The lowest BCUT2D eigenvalue weighted by molar-refractivity contribution is -0.127. The number of hydrogen-bond acceptors (Lipinski definition) is 3. The van der Waals surface area contributed by atoms with Crippen molar-refractivity contribution in [2.24, 2.45) is 5.92 Å². The molecule has 0 saturated carbocycles. The van der Waals surface area contributed by atoms with E-state index in [1.54, 1.807) is 0 Å². The van der Waals surface area contributed by atoms with Crippen LogP contribution in [0.1, 0.15) is 50.7 Å². The predicted octanol–water partition coefficient (Wildman–Crippen LogP) is 3.00. The Morgan fingerprint density at radius 1 is 1.39 bits per heavy atom. The molecule has 0 aliphatic carbocycles. The quantitative estimate of drug-likeness (QED) is 0.848. The Balaban J connectivity index is 1.91. The van der Waals surface area contributed by atoms with Gasteiger partial charge in [-0.2, -0.15) is 0 Å². The lowest BCUT2D eigenvalue weighted by atomic mass is 9.99. The fourth-order valence-corrected chi connectivity index (χ4v) is 2.95. The molecule has 1 fully saturated rings. The summed E-state index contributed by atoms with van der Waals surface area (Å²) in [5.74, 6) is 1.69. The molecule has 1 amide bonds. The molecule has 2 atom stereocenters. The molecule has 128 valence electrons. The number of carbonyl (C=O) groups is 1. The van der Waals surface area contributed by atoms with Crippen molar-refractivity contribution in [1.82, 2.24) is 10.6 Å². The molecule has 0 spiro atoms. The van der Waals surface area contributed by atoms with Crippen LogP contribution in [0, 0.1) is 12.8 Å². The zero-order valence-electron chi connectivity index (χ0n) is 14.8. The van der Waals surface area contributed by atoms with Crippen molar-refractivity contribution in [2.45, 2.75) is 52.6 Å². The highest BCUT2D eigenvalue weighted by Gasteiger charge is 2.19. The molecule has 4 nitrogen and oxygen atoms in total. The number of nitrogens with one attached hydrogen (secondary N) is 2. The Hall–Kier alpha value is -1.55. The summed E-state index contributed by atoms with van der Waals surface area (Å²) in [5, 5.41) is 6.40. The summed E-state index contributed by atoms with van der Waals surface area (Å²) < 4.78 is 5.96. The third-order valence-corrected chi connectivity index (χ3v) is 4.43. The van der Waals surface area contributed by atoms with E-state index in [0.717, 1.165) is 36.5 Å². The van der Waals surface area contributed by atoms with Crippen LogP contribution in [0.25, 0.3) is 0 Å². The molecule has 1 aliphatic rings. The number of ether oxygens (including phenoxy) is 1. The van der Waals surface area contributed by atoms with E-state index in [9.17, 15) is 4.79 Å². The van der Waals surface area contributed by atoms with Gasteiger partial charge in [-0.25, -0.2) is 0 Å². The van der Waals surface area contributed by atoms with Crippen molar-refractivity contribution in [3.63, 3.8) is 0 Å². The number of benzene rings is 1.